The molecule has 190 valence electrons. The van der Waals surface area contributed by atoms with E-state index < -0.39 is 11.9 Å². The lowest BCUT2D eigenvalue weighted by atomic mass is 10.1. The first-order chi connectivity index (χ1) is 17.2. The highest BCUT2D eigenvalue weighted by Crippen LogP contribution is 2.29. The Bertz CT molecular complexity index is 1200. The van der Waals surface area contributed by atoms with E-state index in [1.54, 1.807) is 4.90 Å². The summed E-state index contributed by atoms with van der Waals surface area (Å²) >= 11 is 3.52. The molecule has 0 saturated carbocycles. The number of nitrogens with one attached hydrogen (secondary N) is 1. The third-order valence-electron chi connectivity index (χ3n) is 6.22. The summed E-state index contributed by atoms with van der Waals surface area (Å²) in [6.45, 7) is 5.21. The molecule has 9 heteroatoms. The number of hydrogen-bond acceptors (Lipinski definition) is 4. The third-order valence-corrected chi connectivity index (χ3v) is 6.72. The number of hydrogen-bond donors (Lipinski definition) is 1. The van der Waals surface area contributed by atoms with E-state index in [9.17, 15) is 18.0 Å². The standard InChI is InChI=1S/C27H28BrF3N4O/c1-19-23(9-11-25(33-19)27(29,30)31)26(36)35-15-14-34(17-20-6-3-2-4-7-20)13-5-12-32-24-10-8-22(28)16-21(24)18-35/h2-4,6-11,16,32H,5,12-15,17-18H2,1H3. The van der Waals surface area contributed by atoms with Gasteiger partial charge in [0.2, 0.25) is 0 Å². The predicted molar refractivity (Wildman–Crippen MR) is 138 cm³/mol. The molecule has 0 bridgehead atoms. The Balaban J connectivity index is 1.63. The molecule has 0 radical (unpaired) electrons. The van der Waals surface area contributed by atoms with Crippen molar-refractivity contribution in [3.63, 3.8) is 0 Å². The monoisotopic (exact) mass is 560 g/mol. The van der Waals surface area contributed by atoms with E-state index in [2.05, 4.69) is 43.3 Å². The van der Waals surface area contributed by atoms with Crippen molar-refractivity contribution in [3.8, 4) is 0 Å². The Kier molecular flexibility index (Phi) is 8.31. The van der Waals surface area contributed by atoms with Gasteiger partial charge in [-0.15, -0.1) is 0 Å². The summed E-state index contributed by atoms with van der Waals surface area (Å²) in [5.74, 6) is -0.335. The highest BCUT2D eigenvalue weighted by molar-refractivity contribution is 9.10. The number of pyridine rings is 1. The van der Waals surface area contributed by atoms with Gasteiger partial charge in [0.25, 0.3) is 5.91 Å². The SMILES string of the molecule is Cc1nc(C(F)(F)F)ccc1C(=O)N1CCN(Cc2ccccc2)CCCNc2ccc(Br)cc2C1. The molecule has 4 rings (SSSR count). The minimum atomic E-state index is -4.56. The van der Waals surface area contributed by atoms with Crippen molar-refractivity contribution in [2.75, 3.05) is 31.5 Å². The van der Waals surface area contributed by atoms with Gasteiger partial charge in [0.15, 0.2) is 0 Å². The zero-order valence-corrected chi connectivity index (χ0v) is 21.6. The Morgan fingerprint density at radius 2 is 1.83 bits per heavy atom. The second kappa shape index (κ2) is 11.4. The van der Waals surface area contributed by atoms with Gasteiger partial charge >= 0.3 is 6.18 Å². The molecule has 1 aliphatic rings. The van der Waals surface area contributed by atoms with Gasteiger partial charge in [0.05, 0.1) is 11.3 Å². The molecule has 0 spiro atoms. The smallest absolute Gasteiger partial charge is 0.385 e. The molecule has 1 aliphatic heterocycles. The van der Waals surface area contributed by atoms with Crippen LogP contribution in [-0.2, 0) is 19.3 Å². The molecule has 0 aliphatic carbocycles. The number of aromatic nitrogens is 1. The maximum absolute atomic E-state index is 13.6. The second-order valence-electron chi connectivity index (χ2n) is 8.90. The average Bonchev–Trinajstić information content (AvgIpc) is 2.88. The van der Waals surface area contributed by atoms with E-state index in [0.717, 1.165) is 47.8 Å². The first kappa shape index (κ1) is 26.2. The maximum atomic E-state index is 13.6. The van der Waals surface area contributed by atoms with E-state index >= 15 is 0 Å². The zero-order chi connectivity index (χ0) is 25.7. The number of carbonyl (C=O) groups is 1. The number of rotatable bonds is 3. The number of carbonyl (C=O) groups excluding carboxylic acids is 1. The molecule has 0 atom stereocenters. The lowest BCUT2D eigenvalue weighted by Gasteiger charge is -2.28. The molecule has 1 amide bonds. The topological polar surface area (TPSA) is 48.5 Å². The van der Waals surface area contributed by atoms with E-state index in [1.165, 1.54) is 18.6 Å². The molecule has 1 N–H and O–H groups in total. The fourth-order valence-electron chi connectivity index (χ4n) is 4.34. The van der Waals surface area contributed by atoms with E-state index in [1.807, 2.05) is 36.4 Å². The van der Waals surface area contributed by atoms with Crippen LogP contribution in [0.15, 0.2) is 65.1 Å². The van der Waals surface area contributed by atoms with Crippen LogP contribution in [0.4, 0.5) is 18.9 Å². The second-order valence-corrected chi connectivity index (χ2v) is 9.81. The van der Waals surface area contributed by atoms with Crippen molar-refractivity contribution in [2.45, 2.75) is 32.6 Å². The Morgan fingerprint density at radius 1 is 1.06 bits per heavy atom. The Hall–Kier alpha value is -2.91. The maximum Gasteiger partial charge on any atom is 0.433 e. The molecule has 3 aromatic rings. The Labute approximate surface area is 217 Å². The normalized spacial score (nSPS) is 15.5. The van der Waals surface area contributed by atoms with Crippen LogP contribution in [0.25, 0.3) is 0 Å². The summed E-state index contributed by atoms with van der Waals surface area (Å²) in [7, 11) is 0. The summed E-state index contributed by atoms with van der Waals surface area (Å²) in [6.07, 6.45) is -3.63. The van der Waals surface area contributed by atoms with Gasteiger partial charge in [-0.2, -0.15) is 13.2 Å². The molecule has 0 unspecified atom stereocenters. The molecule has 1 aromatic heterocycles. The first-order valence-corrected chi connectivity index (χ1v) is 12.6. The van der Waals surface area contributed by atoms with E-state index in [0.29, 0.717) is 19.6 Å². The average molecular weight is 561 g/mol. The van der Waals surface area contributed by atoms with Gasteiger partial charge in [-0.3, -0.25) is 9.69 Å². The number of aryl methyl sites for hydroxylation is 1. The van der Waals surface area contributed by atoms with Gasteiger partial charge in [0.1, 0.15) is 5.69 Å². The number of alkyl halides is 3. The minimum absolute atomic E-state index is 0.0675. The molecule has 0 saturated heterocycles. The predicted octanol–water partition coefficient (Wildman–Crippen LogP) is 6.13. The van der Waals surface area contributed by atoms with Crippen molar-refractivity contribution in [1.82, 2.24) is 14.8 Å². The summed E-state index contributed by atoms with van der Waals surface area (Å²) in [5, 5.41) is 3.48. The largest absolute Gasteiger partial charge is 0.433 e. The van der Waals surface area contributed by atoms with E-state index in [-0.39, 0.29) is 17.2 Å². The van der Waals surface area contributed by atoms with Crippen LogP contribution >= 0.6 is 15.9 Å². The van der Waals surface area contributed by atoms with Crippen LogP contribution in [0.1, 0.15) is 39.3 Å². The summed E-state index contributed by atoms with van der Waals surface area (Å²) in [6, 6.07) is 18.2. The lowest BCUT2D eigenvalue weighted by Crippen LogP contribution is -2.39. The number of fused-ring (bicyclic) bond motifs is 1. The van der Waals surface area contributed by atoms with Crippen molar-refractivity contribution in [2.24, 2.45) is 0 Å². The molecular formula is C27H28BrF3N4O. The van der Waals surface area contributed by atoms with Crippen molar-refractivity contribution >= 4 is 27.5 Å². The molecular weight excluding hydrogens is 533 g/mol. The summed E-state index contributed by atoms with van der Waals surface area (Å²) in [4.78, 5) is 21.3. The van der Waals surface area contributed by atoms with Crippen LogP contribution in [0.2, 0.25) is 0 Å². The molecule has 2 heterocycles. The van der Waals surface area contributed by atoms with Crippen molar-refractivity contribution in [1.29, 1.82) is 0 Å². The highest BCUT2D eigenvalue weighted by Gasteiger charge is 2.33. The van der Waals surface area contributed by atoms with Crippen molar-refractivity contribution in [3.05, 3.63) is 93.2 Å². The summed E-state index contributed by atoms with van der Waals surface area (Å²) in [5.41, 5.74) is 2.31. The number of anilines is 1. The fraction of sp³-hybridized carbons (Fsp3) is 0.333. The third kappa shape index (κ3) is 6.64. The van der Waals surface area contributed by atoms with Crippen LogP contribution in [0, 0.1) is 6.92 Å². The molecule has 5 nitrogen and oxygen atoms in total. The quantitative estimate of drug-likeness (QED) is 0.418. The number of halogens is 4. The first-order valence-electron chi connectivity index (χ1n) is 11.8. The van der Waals surface area contributed by atoms with Gasteiger partial charge in [0, 0.05) is 49.4 Å². The van der Waals surface area contributed by atoms with Crippen molar-refractivity contribution < 1.29 is 18.0 Å². The van der Waals surface area contributed by atoms with Crippen LogP contribution in [-0.4, -0.2) is 46.9 Å². The number of amides is 1. The zero-order valence-electron chi connectivity index (χ0n) is 20.0. The molecule has 36 heavy (non-hydrogen) atoms. The lowest BCUT2D eigenvalue weighted by molar-refractivity contribution is -0.141. The summed E-state index contributed by atoms with van der Waals surface area (Å²) < 4.78 is 40.3. The molecule has 0 fully saturated rings. The Morgan fingerprint density at radius 3 is 2.56 bits per heavy atom. The van der Waals surface area contributed by atoms with Crippen LogP contribution < -0.4 is 5.32 Å². The van der Waals surface area contributed by atoms with Gasteiger partial charge in [-0.25, -0.2) is 4.98 Å². The molecule has 2 aromatic carbocycles. The van der Waals surface area contributed by atoms with Gasteiger partial charge in [-0.1, -0.05) is 46.3 Å². The van der Waals surface area contributed by atoms with Gasteiger partial charge < -0.3 is 10.2 Å². The number of benzene rings is 2. The highest BCUT2D eigenvalue weighted by atomic mass is 79.9. The van der Waals surface area contributed by atoms with Crippen LogP contribution in [0.3, 0.4) is 0 Å². The van der Waals surface area contributed by atoms with E-state index in [4.69, 9.17) is 0 Å². The van der Waals surface area contributed by atoms with Crippen LogP contribution in [0.5, 0.6) is 0 Å². The fourth-order valence-corrected chi connectivity index (χ4v) is 4.75. The number of nitrogens with zero attached hydrogens (tertiary/aromatic N) is 3. The minimum Gasteiger partial charge on any atom is -0.385 e. The van der Waals surface area contributed by atoms with Gasteiger partial charge in [-0.05, 0) is 54.8 Å².